The van der Waals surface area contributed by atoms with E-state index >= 15 is 0 Å². The summed E-state index contributed by atoms with van der Waals surface area (Å²) in [6.45, 7) is 11.4. The summed E-state index contributed by atoms with van der Waals surface area (Å²) in [5.74, 6) is 0. The van der Waals surface area contributed by atoms with Gasteiger partial charge in [0.2, 0.25) is 0 Å². The molecule has 0 unspecified atom stereocenters. The molecule has 0 heterocycles. The Labute approximate surface area is 87.3 Å². The Bertz CT molecular complexity index is 296. The van der Waals surface area contributed by atoms with Crippen LogP contribution in [-0.4, -0.2) is 0 Å². The summed E-state index contributed by atoms with van der Waals surface area (Å²) in [7, 11) is 0. The predicted molar refractivity (Wildman–Crippen MR) is 66.2 cm³/mol. The van der Waals surface area contributed by atoms with Crippen LogP contribution in [0.25, 0.3) is 0 Å². The summed E-state index contributed by atoms with van der Waals surface area (Å²) in [6, 6.07) is 0. The van der Waals surface area contributed by atoms with Gasteiger partial charge in [0.15, 0.2) is 0 Å². The SMILES string of the molecule is C=C\C=C/C(=C\C=C)C(/C=C\C)=C\C. The number of rotatable bonds is 5. The highest BCUT2D eigenvalue weighted by atomic mass is 14.0. The van der Waals surface area contributed by atoms with E-state index in [1.807, 2.05) is 38.2 Å². The molecule has 0 heteroatoms. The second-order valence-corrected chi connectivity index (χ2v) is 2.70. The summed E-state index contributed by atoms with van der Waals surface area (Å²) < 4.78 is 0. The van der Waals surface area contributed by atoms with Gasteiger partial charge < -0.3 is 0 Å². The van der Waals surface area contributed by atoms with Gasteiger partial charge in [0.05, 0.1) is 0 Å². The smallest absolute Gasteiger partial charge is 0.0188 e. The first-order chi connectivity index (χ1) is 6.79. The van der Waals surface area contributed by atoms with Gasteiger partial charge in [-0.05, 0) is 25.0 Å². The normalized spacial score (nSPS) is 13.9. The van der Waals surface area contributed by atoms with Gasteiger partial charge in [-0.25, -0.2) is 0 Å². The molecule has 0 aromatic rings. The molecule has 0 aromatic heterocycles. The van der Waals surface area contributed by atoms with Crippen LogP contribution in [-0.2, 0) is 0 Å². The Morgan fingerprint density at radius 3 is 2.07 bits per heavy atom. The van der Waals surface area contributed by atoms with E-state index < -0.39 is 0 Å². The topological polar surface area (TPSA) is 0 Å². The molecule has 0 aromatic carbocycles. The maximum atomic E-state index is 3.70. The van der Waals surface area contributed by atoms with Crippen molar-refractivity contribution in [3.8, 4) is 0 Å². The van der Waals surface area contributed by atoms with E-state index in [9.17, 15) is 0 Å². The Hall–Kier alpha value is -1.56. The molecule has 14 heavy (non-hydrogen) atoms. The van der Waals surface area contributed by atoms with Crippen molar-refractivity contribution in [2.75, 3.05) is 0 Å². The van der Waals surface area contributed by atoms with E-state index in [0.29, 0.717) is 0 Å². The van der Waals surface area contributed by atoms with Crippen LogP contribution in [0, 0.1) is 0 Å². The molecule has 74 valence electrons. The van der Waals surface area contributed by atoms with E-state index in [2.05, 4.69) is 25.3 Å². The standard InChI is InChI=1S/C14H18/c1-5-9-12-14(11-7-3)13(8-4)10-6-2/h5-12H,1,3H2,2,4H3/b10-6-,12-9-,13-8-,14-11+. The van der Waals surface area contributed by atoms with Crippen molar-refractivity contribution >= 4 is 0 Å². The van der Waals surface area contributed by atoms with Crippen molar-refractivity contribution in [3.05, 3.63) is 72.9 Å². The number of hydrogen-bond donors (Lipinski definition) is 0. The summed E-state index contributed by atoms with van der Waals surface area (Å²) in [5.41, 5.74) is 2.33. The van der Waals surface area contributed by atoms with Crippen molar-refractivity contribution in [1.29, 1.82) is 0 Å². The van der Waals surface area contributed by atoms with Gasteiger partial charge in [-0.1, -0.05) is 61.8 Å². The molecule has 0 bridgehead atoms. The molecule has 0 nitrogen and oxygen atoms in total. The molecule has 0 spiro atoms. The summed E-state index contributed by atoms with van der Waals surface area (Å²) in [4.78, 5) is 0. The second kappa shape index (κ2) is 8.06. The average molecular weight is 186 g/mol. The molecule has 0 amide bonds. The molecular formula is C14H18. The monoisotopic (exact) mass is 186 g/mol. The second-order valence-electron chi connectivity index (χ2n) is 2.70. The Morgan fingerprint density at radius 2 is 1.64 bits per heavy atom. The lowest BCUT2D eigenvalue weighted by atomic mass is 10.0. The Balaban J connectivity index is 4.98. The third kappa shape index (κ3) is 4.46. The van der Waals surface area contributed by atoms with Gasteiger partial charge >= 0.3 is 0 Å². The quantitative estimate of drug-likeness (QED) is 0.559. The molecule has 0 aliphatic heterocycles. The van der Waals surface area contributed by atoms with Crippen molar-refractivity contribution in [1.82, 2.24) is 0 Å². The molecule has 0 saturated heterocycles. The van der Waals surface area contributed by atoms with Crippen LogP contribution in [0.3, 0.4) is 0 Å². The van der Waals surface area contributed by atoms with Gasteiger partial charge in [0, 0.05) is 0 Å². The van der Waals surface area contributed by atoms with Crippen LogP contribution in [0.5, 0.6) is 0 Å². The lowest BCUT2D eigenvalue weighted by molar-refractivity contribution is 1.48. The largest absolute Gasteiger partial charge is 0.0991 e. The Kier molecular flexibility index (Phi) is 7.16. The van der Waals surface area contributed by atoms with E-state index in [0.717, 1.165) is 5.57 Å². The molecule has 0 fully saturated rings. The van der Waals surface area contributed by atoms with Crippen molar-refractivity contribution in [2.45, 2.75) is 13.8 Å². The highest BCUT2D eigenvalue weighted by molar-refractivity contribution is 5.47. The van der Waals surface area contributed by atoms with E-state index in [1.54, 1.807) is 12.2 Å². The number of allylic oxidation sites excluding steroid dienone is 10. The van der Waals surface area contributed by atoms with Crippen LogP contribution in [0.15, 0.2) is 72.9 Å². The van der Waals surface area contributed by atoms with Gasteiger partial charge in [0.25, 0.3) is 0 Å². The van der Waals surface area contributed by atoms with Crippen LogP contribution >= 0.6 is 0 Å². The fourth-order valence-electron chi connectivity index (χ4n) is 1.09. The number of hydrogen-bond acceptors (Lipinski definition) is 0. The zero-order valence-corrected chi connectivity index (χ0v) is 9.03. The van der Waals surface area contributed by atoms with Crippen LogP contribution in [0.2, 0.25) is 0 Å². The van der Waals surface area contributed by atoms with Gasteiger partial charge in [-0.15, -0.1) is 0 Å². The maximum absolute atomic E-state index is 3.70. The maximum Gasteiger partial charge on any atom is -0.0188 e. The van der Waals surface area contributed by atoms with E-state index in [-0.39, 0.29) is 0 Å². The van der Waals surface area contributed by atoms with Gasteiger partial charge in [0.1, 0.15) is 0 Å². The first-order valence-corrected chi connectivity index (χ1v) is 4.71. The third-order valence-corrected chi connectivity index (χ3v) is 1.70. The van der Waals surface area contributed by atoms with Gasteiger partial charge in [-0.2, -0.15) is 0 Å². The van der Waals surface area contributed by atoms with Crippen molar-refractivity contribution < 1.29 is 0 Å². The molecule has 0 aliphatic rings. The Morgan fingerprint density at radius 1 is 0.929 bits per heavy atom. The van der Waals surface area contributed by atoms with Crippen LogP contribution < -0.4 is 0 Å². The molecule has 0 N–H and O–H groups in total. The van der Waals surface area contributed by atoms with Crippen molar-refractivity contribution in [3.63, 3.8) is 0 Å². The molecular weight excluding hydrogens is 168 g/mol. The van der Waals surface area contributed by atoms with Crippen LogP contribution in [0.1, 0.15) is 13.8 Å². The minimum Gasteiger partial charge on any atom is -0.0991 e. The fourth-order valence-corrected chi connectivity index (χ4v) is 1.09. The summed E-state index contributed by atoms with van der Waals surface area (Å²) >= 11 is 0. The first kappa shape index (κ1) is 12.4. The molecule has 0 radical (unpaired) electrons. The van der Waals surface area contributed by atoms with Crippen LogP contribution in [0.4, 0.5) is 0 Å². The minimum atomic E-state index is 1.14. The lowest BCUT2D eigenvalue weighted by Crippen LogP contribution is -1.81. The fraction of sp³-hybridized carbons (Fsp3) is 0.143. The van der Waals surface area contributed by atoms with Gasteiger partial charge in [-0.3, -0.25) is 0 Å². The highest BCUT2D eigenvalue weighted by Gasteiger charge is 1.94. The first-order valence-electron chi connectivity index (χ1n) is 4.71. The molecule has 0 atom stereocenters. The van der Waals surface area contributed by atoms with Crippen molar-refractivity contribution in [2.24, 2.45) is 0 Å². The minimum absolute atomic E-state index is 1.14. The zero-order valence-electron chi connectivity index (χ0n) is 9.03. The molecule has 0 saturated carbocycles. The predicted octanol–water partition coefficient (Wildman–Crippen LogP) is 4.36. The van der Waals surface area contributed by atoms with E-state index in [4.69, 9.17) is 0 Å². The summed E-state index contributed by atoms with van der Waals surface area (Å²) in [5, 5.41) is 0. The zero-order chi connectivity index (χ0) is 10.8. The lowest BCUT2D eigenvalue weighted by Gasteiger charge is -2.01. The molecule has 0 aliphatic carbocycles. The molecule has 0 rings (SSSR count). The average Bonchev–Trinajstić information content (AvgIpc) is 2.21. The highest BCUT2D eigenvalue weighted by Crippen LogP contribution is 2.13. The summed E-state index contributed by atoms with van der Waals surface area (Å²) in [6.07, 6.45) is 15.6. The van der Waals surface area contributed by atoms with E-state index in [1.165, 1.54) is 5.57 Å². The third-order valence-electron chi connectivity index (χ3n) is 1.70.